The second-order valence-corrected chi connectivity index (χ2v) is 5.16. The molecule has 1 N–H and O–H groups in total. The minimum Gasteiger partial charge on any atom is -0.478 e. The SMILES string of the molecule is O=C(O)C1=CC2=N[C@@H]3CCCCCN3C(=O)[C@@H]2C=C1. The Morgan fingerprint density at radius 1 is 1.37 bits per heavy atom. The molecule has 1 fully saturated rings. The highest BCUT2D eigenvalue weighted by Gasteiger charge is 2.37. The van der Waals surface area contributed by atoms with Crippen LogP contribution in [0.25, 0.3) is 0 Å². The summed E-state index contributed by atoms with van der Waals surface area (Å²) in [6, 6.07) is 0. The molecular formula is C14H16N2O3. The van der Waals surface area contributed by atoms with Gasteiger partial charge in [-0.3, -0.25) is 9.79 Å². The largest absolute Gasteiger partial charge is 0.478 e. The third kappa shape index (κ3) is 2.09. The van der Waals surface area contributed by atoms with E-state index in [-0.39, 0.29) is 17.6 Å². The van der Waals surface area contributed by atoms with E-state index in [1.165, 1.54) is 12.2 Å². The standard InChI is InChI=1S/C14H16N2O3/c17-13-10-6-5-9(14(18)19)8-11(10)15-12-4-2-1-3-7-16(12)13/h5-6,8,10,12H,1-4,7H2,(H,18,19)/t10-,12+/m1/s1. The van der Waals surface area contributed by atoms with E-state index in [1.54, 1.807) is 6.08 Å². The number of aliphatic imine (C=N–C) groups is 1. The number of aliphatic carboxylic acids is 1. The van der Waals surface area contributed by atoms with Gasteiger partial charge in [-0.2, -0.15) is 0 Å². The van der Waals surface area contributed by atoms with Crippen LogP contribution in [-0.4, -0.2) is 40.3 Å². The average molecular weight is 260 g/mol. The van der Waals surface area contributed by atoms with Gasteiger partial charge in [0.1, 0.15) is 6.17 Å². The van der Waals surface area contributed by atoms with E-state index < -0.39 is 11.9 Å². The Balaban J connectivity index is 1.96. The van der Waals surface area contributed by atoms with E-state index in [0.717, 1.165) is 32.2 Å². The fourth-order valence-electron chi connectivity index (χ4n) is 2.89. The number of allylic oxidation sites excluding steroid dienone is 1. The zero-order valence-electron chi connectivity index (χ0n) is 10.6. The maximum absolute atomic E-state index is 12.4. The topological polar surface area (TPSA) is 70.0 Å². The Kier molecular flexibility index (Phi) is 2.97. The van der Waals surface area contributed by atoms with Crippen molar-refractivity contribution < 1.29 is 14.7 Å². The summed E-state index contributed by atoms with van der Waals surface area (Å²) in [4.78, 5) is 29.9. The maximum Gasteiger partial charge on any atom is 0.335 e. The lowest BCUT2D eigenvalue weighted by molar-refractivity contribution is -0.135. The minimum absolute atomic E-state index is 0.0637. The van der Waals surface area contributed by atoms with Gasteiger partial charge in [0.05, 0.1) is 17.2 Å². The summed E-state index contributed by atoms with van der Waals surface area (Å²) in [6.07, 6.45) is 8.70. The molecule has 0 aromatic rings. The molecule has 0 saturated carbocycles. The molecule has 1 aliphatic carbocycles. The third-order valence-electron chi connectivity index (χ3n) is 3.91. The molecule has 0 bridgehead atoms. The molecule has 0 aromatic heterocycles. The van der Waals surface area contributed by atoms with Gasteiger partial charge >= 0.3 is 5.97 Å². The molecule has 0 unspecified atom stereocenters. The summed E-state index contributed by atoms with van der Waals surface area (Å²) < 4.78 is 0. The molecule has 100 valence electrons. The molecule has 0 radical (unpaired) electrons. The molecule has 5 nitrogen and oxygen atoms in total. The number of nitrogens with zero attached hydrogens (tertiary/aromatic N) is 2. The Morgan fingerprint density at radius 3 is 3.00 bits per heavy atom. The number of hydrogen-bond acceptors (Lipinski definition) is 3. The average Bonchev–Trinajstić information content (AvgIpc) is 2.63. The highest BCUT2D eigenvalue weighted by atomic mass is 16.4. The Labute approximate surface area is 111 Å². The van der Waals surface area contributed by atoms with E-state index in [4.69, 9.17) is 5.11 Å². The number of carboxylic acid groups (broad SMARTS) is 1. The van der Waals surface area contributed by atoms with E-state index >= 15 is 0 Å². The van der Waals surface area contributed by atoms with E-state index in [1.807, 2.05) is 4.90 Å². The van der Waals surface area contributed by atoms with Gasteiger partial charge in [-0.05, 0) is 25.3 Å². The van der Waals surface area contributed by atoms with Crippen LogP contribution in [0.3, 0.4) is 0 Å². The lowest BCUT2D eigenvalue weighted by Crippen LogP contribution is -2.48. The van der Waals surface area contributed by atoms with Crippen molar-refractivity contribution in [3.8, 4) is 0 Å². The van der Waals surface area contributed by atoms with Crippen LogP contribution in [-0.2, 0) is 9.59 Å². The number of amides is 1. The molecule has 2 atom stereocenters. The molecule has 0 aromatic carbocycles. The normalized spacial score (nSPS) is 29.9. The minimum atomic E-state index is -0.979. The number of carbonyl (C=O) groups excluding carboxylic acids is 1. The van der Waals surface area contributed by atoms with Crippen molar-refractivity contribution in [2.75, 3.05) is 6.54 Å². The number of rotatable bonds is 1. The molecule has 0 spiro atoms. The van der Waals surface area contributed by atoms with Crippen molar-refractivity contribution in [1.82, 2.24) is 4.90 Å². The Morgan fingerprint density at radius 2 is 2.21 bits per heavy atom. The summed E-state index contributed by atoms with van der Waals surface area (Å²) in [6.45, 7) is 0.764. The second kappa shape index (κ2) is 4.64. The van der Waals surface area contributed by atoms with Crippen molar-refractivity contribution in [2.45, 2.75) is 31.8 Å². The molecule has 19 heavy (non-hydrogen) atoms. The first-order chi connectivity index (χ1) is 9.16. The van der Waals surface area contributed by atoms with Crippen LogP contribution in [0.2, 0.25) is 0 Å². The first-order valence-corrected chi connectivity index (χ1v) is 6.68. The van der Waals surface area contributed by atoms with E-state index in [2.05, 4.69) is 4.99 Å². The van der Waals surface area contributed by atoms with E-state index in [9.17, 15) is 9.59 Å². The fraction of sp³-hybridized carbons (Fsp3) is 0.500. The summed E-state index contributed by atoms with van der Waals surface area (Å²) in [5.41, 5.74) is 0.804. The Hall–Kier alpha value is -1.91. The van der Waals surface area contributed by atoms with Crippen LogP contribution in [0.4, 0.5) is 0 Å². The molecule has 2 aliphatic heterocycles. The summed E-state index contributed by atoms with van der Waals surface area (Å²) in [5.74, 6) is -1.31. The number of fused-ring (bicyclic) bond motifs is 2. The highest BCUT2D eigenvalue weighted by Crippen LogP contribution is 2.28. The lowest BCUT2D eigenvalue weighted by Gasteiger charge is -2.35. The molecule has 5 heteroatoms. The smallest absolute Gasteiger partial charge is 0.335 e. The van der Waals surface area contributed by atoms with Crippen LogP contribution in [0.1, 0.15) is 25.7 Å². The maximum atomic E-state index is 12.4. The highest BCUT2D eigenvalue weighted by molar-refractivity contribution is 6.16. The summed E-state index contributed by atoms with van der Waals surface area (Å²) in [7, 11) is 0. The predicted octanol–water partition coefficient (Wildman–Crippen LogP) is 1.37. The van der Waals surface area contributed by atoms with Crippen molar-refractivity contribution in [3.63, 3.8) is 0 Å². The molecule has 3 rings (SSSR count). The van der Waals surface area contributed by atoms with Gasteiger partial charge in [0.25, 0.3) is 0 Å². The van der Waals surface area contributed by atoms with Crippen LogP contribution in [0.15, 0.2) is 28.8 Å². The van der Waals surface area contributed by atoms with Crippen molar-refractivity contribution in [1.29, 1.82) is 0 Å². The van der Waals surface area contributed by atoms with Crippen LogP contribution in [0.5, 0.6) is 0 Å². The van der Waals surface area contributed by atoms with Gasteiger partial charge < -0.3 is 10.0 Å². The number of carboxylic acids is 1. The van der Waals surface area contributed by atoms with Crippen molar-refractivity contribution >= 4 is 17.6 Å². The third-order valence-corrected chi connectivity index (χ3v) is 3.91. The Bertz CT molecular complexity index is 519. The molecule has 2 heterocycles. The van der Waals surface area contributed by atoms with Crippen LogP contribution < -0.4 is 0 Å². The molecule has 1 saturated heterocycles. The molecular weight excluding hydrogens is 244 g/mol. The second-order valence-electron chi connectivity index (χ2n) is 5.16. The molecule has 1 amide bonds. The predicted molar refractivity (Wildman–Crippen MR) is 69.8 cm³/mol. The summed E-state index contributed by atoms with van der Waals surface area (Å²) in [5, 5.41) is 9.00. The number of hydrogen-bond donors (Lipinski definition) is 1. The monoisotopic (exact) mass is 260 g/mol. The number of carbonyl (C=O) groups is 2. The first-order valence-electron chi connectivity index (χ1n) is 6.68. The zero-order chi connectivity index (χ0) is 13.4. The lowest BCUT2D eigenvalue weighted by atomic mass is 9.91. The van der Waals surface area contributed by atoms with Crippen LogP contribution >= 0.6 is 0 Å². The first kappa shape index (κ1) is 12.1. The fourth-order valence-corrected chi connectivity index (χ4v) is 2.89. The van der Waals surface area contributed by atoms with Gasteiger partial charge in [0.2, 0.25) is 5.91 Å². The van der Waals surface area contributed by atoms with Gasteiger partial charge in [0.15, 0.2) is 0 Å². The molecule has 3 aliphatic rings. The van der Waals surface area contributed by atoms with Gasteiger partial charge in [-0.15, -0.1) is 0 Å². The van der Waals surface area contributed by atoms with Gasteiger partial charge in [0, 0.05) is 6.54 Å². The van der Waals surface area contributed by atoms with Crippen molar-refractivity contribution in [3.05, 3.63) is 23.8 Å². The van der Waals surface area contributed by atoms with Gasteiger partial charge in [-0.1, -0.05) is 18.6 Å². The zero-order valence-corrected chi connectivity index (χ0v) is 10.6. The van der Waals surface area contributed by atoms with Crippen molar-refractivity contribution in [2.24, 2.45) is 10.9 Å². The van der Waals surface area contributed by atoms with E-state index in [0.29, 0.717) is 5.71 Å². The van der Waals surface area contributed by atoms with Gasteiger partial charge in [-0.25, -0.2) is 4.79 Å². The summed E-state index contributed by atoms with van der Waals surface area (Å²) >= 11 is 0. The quantitative estimate of drug-likeness (QED) is 0.774. The van der Waals surface area contributed by atoms with Crippen LogP contribution in [0, 0.1) is 5.92 Å².